The van der Waals surface area contributed by atoms with Crippen molar-refractivity contribution in [3.8, 4) is 28.4 Å². The average molecular weight is 406 g/mol. The van der Waals surface area contributed by atoms with E-state index in [0.29, 0.717) is 35.7 Å². The van der Waals surface area contributed by atoms with E-state index in [2.05, 4.69) is 30.0 Å². The second-order valence-electron chi connectivity index (χ2n) is 6.85. The normalized spacial score (nSPS) is 14.3. The molecule has 152 valence electrons. The van der Waals surface area contributed by atoms with Gasteiger partial charge in [-0.15, -0.1) is 0 Å². The number of morpholine rings is 1. The lowest BCUT2D eigenvalue weighted by Crippen LogP contribution is -2.36. The molecule has 5 rings (SSSR count). The zero-order valence-corrected chi connectivity index (χ0v) is 16.3. The van der Waals surface area contributed by atoms with Crippen LogP contribution in [-0.2, 0) is 4.74 Å². The number of benzene rings is 1. The van der Waals surface area contributed by atoms with E-state index in [9.17, 15) is 4.39 Å². The number of halogens is 1. The van der Waals surface area contributed by atoms with Gasteiger partial charge in [0.15, 0.2) is 5.82 Å². The topological polar surface area (TPSA) is 89.0 Å². The van der Waals surface area contributed by atoms with Gasteiger partial charge in [0.05, 0.1) is 32.1 Å². The second kappa shape index (κ2) is 7.68. The fraction of sp³-hybridized carbons (Fsp3) is 0.238. The highest BCUT2D eigenvalue weighted by Crippen LogP contribution is 2.32. The Hall–Kier alpha value is -3.59. The van der Waals surface area contributed by atoms with Crippen LogP contribution in [0.3, 0.4) is 0 Å². The number of nitrogens with one attached hydrogen (secondary N) is 1. The number of hydrogen-bond donors (Lipinski definition) is 1. The van der Waals surface area contributed by atoms with Crippen molar-refractivity contribution in [2.24, 2.45) is 0 Å². The van der Waals surface area contributed by atoms with E-state index in [1.165, 1.54) is 13.2 Å². The minimum absolute atomic E-state index is 0.217. The van der Waals surface area contributed by atoms with Crippen molar-refractivity contribution in [2.75, 3.05) is 38.3 Å². The Morgan fingerprint density at radius 1 is 1.10 bits per heavy atom. The molecule has 1 aliphatic heterocycles. The minimum atomic E-state index is -0.449. The summed E-state index contributed by atoms with van der Waals surface area (Å²) in [6, 6.07) is 8.54. The summed E-state index contributed by atoms with van der Waals surface area (Å²) in [4.78, 5) is 15.6. The van der Waals surface area contributed by atoms with Crippen molar-refractivity contribution in [3.05, 3.63) is 48.5 Å². The van der Waals surface area contributed by atoms with Crippen LogP contribution in [0.25, 0.3) is 33.7 Å². The van der Waals surface area contributed by atoms with E-state index < -0.39 is 5.82 Å². The van der Waals surface area contributed by atoms with Gasteiger partial charge < -0.3 is 14.4 Å². The average Bonchev–Trinajstić information content (AvgIpc) is 3.23. The van der Waals surface area contributed by atoms with Gasteiger partial charge in [-0.05, 0) is 24.3 Å². The predicted octanol–water partition coefficient (Wildman–Crippen LogP) is 3.07. The summed E-state index contributed by atoms with van der Waals surface area (Å²) in [5.74, 6) is 1.05. The number of rotatable bonds is 4. The summed E-state index contributed by atoms with van der Waals surface area (Å²) < 4.78 is 25.2. The summed E-state index contributed by atoms with van der Waals surface area (Å²) in [7, 11) is 1.49. The third-order valence-corrected chi connectivity index (χ3v) is 5.08. The molecule has 1 fully saturated rings. The SMILES string of the molecule is COc1cccc(F)c1-c1ncc2[nH]nc(-c3ccc(N4CCOCC4)nc3)c2n1. The molecule has 0 bridgehead atoms. The van der Waals surface area contributed by atoms with Crippen molar-refractivity contribution in [2.45, 2.75) is 0 Å². The molecule has 30 heavy (non-hydrogen) atoms. The highest BCUT2D eigenvalue weighted by molar-refractivity contribution is 5.90. The number of pyridine rings is 1. The van der Waals surface area contributed by atoms with Crippen LogP contribution in [0.1, 0.15) is 0 Å². The van der Waals surface area contributed by atoms with Crippen LogP contribution in [0.15, 0.2) is 42.7 Å². The molecular formula is C21H19FN6O2. The first-order chi connectivity index (χ1) is 14.7. The number of fused-ring (bicyclic) bond motifs is 1. The van der Waals surface area contributed by atoms with E-state index in [1.54, 1.807) is 24.5 Å². The monoisotopic (exact) mass is 406 g/mol. The molecule has 1 aliphatic rings. The van der Waals surface area contributed by atoms with Gasteiger partial charge in [0.1, 0.15) is 34.1 Å². The lowest BCUT2D eigenvalue weighted by atomic mass is 10.1. The fourth-order valence-corrected chi connectivity index (χ4v) is 3.53. The molecule has 1 N–H and O–H groups in total. The maximum absolute atomic E-state index is 14.5. The van der Waals surface area contributed by atoms with Crippen molar-refractivity contribution in [1.29, 1.82) is 0 Å². The quantitative estimate of drug-likeness (QED) is 0.557. The zero-order valence-electron chi connectivity index (χ0n) is 16.3. The highest BCUT2D eigenvalue weighted by atomic mass is 19.1. The van der Waals surface area contributed by atoms with Crippen molar-refractivity contribution in [1.82, 2.24) is 25.1 Å². The molecule has 8 nitrogen and oxygen atoms in total. The van der Waals surface area contributed by atoms with Crippen LogP contribution < -0.4 is 9.64 Å². The lowest BCUT2D eigenvalue weighted by molar-refractivity contribution is 0.122. The van der Waals surface area contributed by atoms with Crippen LogP contribution in [-0.4, -0.2) is 58.6 Å². The van der Waals surface area contributed by atoms with E-state index in [0.717, 1.165) is 24.5 Å². The molecule has 9 heteroatoms. The van der Waals surface area contributed by atoms with E-state index in [-0.39, 0.29) is 11.4 Å². The third kappa shape index (κ3) is 3.22. The Morgan fingerprint density at radius 2 is 1.97 bits per heavy atom. The molecule has 0 unspecified atom stereocenters. The van der Waals surface area contributed by atoms with Gasteiger partial charge >= 0.3 is 0 Å². The number of aromatic amines is 1. The molecule has 3 aromatic heterocycles. The molecule has 4 heterocycles. The summed E-state index contributed by atoms with van der Waals surface area (Å²) >= 11 is 0. The minimum Gasteiger partial charge on any atom is -0.496 e. The molecule has 0 spiro atoms. The molecule has 0 atom stereocenters. The Kier molecular flexibility index (Phi) is 4.72. The Balaban J connectivity index is 1.54. The Labute approximate surface area is 171 Å². The summed E-state index contributed by atoms with van der Waals surface area (Å²) in [6.07, 6.45) is 3.36. The fourth-order valence-electron chi connectivity index (χ4n) is 3.53. The highest BCUT2D eigenvalue weighted by Gasteiger charge is 2.18. The van der Waals surface area contributed by atoms with E-state index in [4.69, 9.17) is 9.47 Å². The summed E-state index contributed by atoms with van der Waals surface area (Å²) in [6.45, 7) is 3.04. The van der Waals surface area contributed by atoms with Crippen LogP contribution in [0.5, 0.6) is 5.75 Å². The molecule has 1 saturated heterocycles. The number of hydrogen-bond acceptors (Lipinski definition) is 7. The first-order valence-corrected chi connectivity index (χ1v) is 9.57. The molecule has 0 saturated carbocycles. The number of ether oxygens (including phenoxy) is 2. The standard InChI is InChI=1S/C21H19FN6O2/c1-29-16-4-2-3-14(22)18(16)21-24-12-15-20(25-21)19(27-26-15)13-5-6-17(23-11-13)28-7-9-30-10-8-28/h2-6,11-12H,7-10H2,1H3,(H,26,27). The molecule has 4 aromatic rings. The number of nitrogens with zero attached hydrogens (tertiary/aromatic N) is 5. The van der Waals surface area contributed by atoms with E-state index in [1.807, 2.05) is 12.1 Å². The van der Waals surface area contributed by atoms with Crippen LogP contribution in [0.4, 0.5) is 10.2 Å². The first-order valence-electron chi connectivity index (χ1n) is 9.57. The largest absolute Gasteiger partial charge is 0.496 e. The summed E-state index contributed by atoms with van der Waals surface area (Å²) in [5.41, 5.74) is 2.90. The van der Waals surface area contributed by atoms with Gasteiger partial charge in [0.25, 0.3) is 0 Å². The maximum Gasteiger partial charge on any atom is 0.166 e. The molecule has 1 aromatic carbocycles. The molecule has 0 amide bonds. The van der Waals surface area contributed by atoms with Gasteiger partial charge in [0, 0.05) is 24.8 Å². The van der Waals surface area contributed by atoms with E-state index >= 15 is 0 Å². The predicted molar refractivity (Wildman–Crippen MR) is 110 cm³/mol. The first kappa shape index (κ1) is 18.4. The van der Waals surface area contributed by atoms with Crippen LogP contribution >= 0.6 is 0 Å². The van der Waals surface area contributed by atoms with Crippen LogP contribution in [0, 0.1) is 5.82 Å². The smallest absolute Gasteiger partial charge is 0.166 e. The summed E-state index contributed by atoms with van der Waals surface area (Å²) in [5, 5.41) is 7.31. The van der Waals surface area contributed by atoms with Gasteiger partial charge in [-0.1, -0.05) is 6.07 Å². The van der Waals surface area contributed by atoms with Gasteiger partial charge in [0.2, 0.25) is 0 Å². The third-order valence-electron chi connectivity index (χ3n) is 5.08. The molecular weight excluding hydrogens is 387 g/mol. The maximum atomic E-state index is 14.5. The van der Waals surface area contributed by atoms with Gasteiger partial charge in [-0.25, -0.2) is 19.3 Å². The number of methoxy groups -OCH3 is 1. The molecule has 0 aliphatic carbocycles. The number of H-pyrrole nitrogens is 1. The van der Waals surface area contributed by atoms with Crippen molar-refractivity contribution < 1.29 is 13.9 Å². The van der Waals surface area contributed by atoms with Crippen molar-refractivity contribution >= 4 is 16.9 Å². The van der Waals surface area contributed by atoms with Crippen LogP contribution in [0.2, 0.25) is 0 Å². The van der Waals surface area contributed by atoms with Gasteiger partial charge in [-0.2, -0.15) is 5.10 Å². The van der Waals surface area contributed by atoms with Crippen molar-refractivity contribution in [3.63, 3.8) is 0 Å². The lowest BCUT2D eigenvalue weighted by Gasteiger charge is -2.27. The Morgan fingerprint density at radius 3 is 2.73 bits per heavy atom. The van der Waals surface area contributed by atoms with Gasteiger partial charge in [-0.3, -0.25) is 5.10 Å². The molecule has 0 radical (unpaired) electrons. The number of aromatic nitrogens is 5. The second-order valence-corrected chi connectivity index (χ2v) is 6.85. The number of anilines is 1. The Bertz CT molecular complexity index is 1190. The zero-order chi connectivity index (χ0) is 20.5.